The summed E-state index contributed by atoms with van der Waals surface area (Å²) in [4.78, 5) is 31.8. The van der Waals surface area contributed by atoms with Gasteiger partial charge in [-0.05, 0) is 51.6 Å². The molecule has 0 N–H and O–H groups in total. The van der Waals surface area contributed by atoms with Gasteiger partial charge in [0.2, 0.25) is 5.91 Å². The molecule has 28 heavy (non-hydrogen) atoms. The van der Waals surface area contributed by atoms with E-state index < -0.39 is 0 Å². The van der Waals surface area contributed by atoms with Crippen LogP contribution < -0.4 is 4.90 Å². The van der Waals surface area contributed by atoms with E-state index in [1.54, 1.807) is 0 Å². The number of aryl methyl sites for hydroxylation is 2. The smallest absolute Gasteiger partial charge is 0.253 e. The maximum absolute atomic E-state index is 13.1. The van der Waals surface area contributed by atoms with Gasteiger partial charge in [0.1, 0.15) is 0 Å². The Morgan fingerprint density at radius 1 is 1.00 bits per heavy atom. The van der Waals surface area contributed by atoms with Crippen LogP contribution in [-0.4, -0.2) is 60.4 Å². The van der Waals surface area contributed by atoms with Crippen LogP contribution >= 0.6 is 0 Å². The van der Waals surface area contributed by atoms with Crippen LogP contribution in [0.3, 0.4) is 0 Å². The van der Waals surface area contributed by atoms with Gasteiger partial charge in [-0.3, -0.25) is 14.5 Å². The first-order chi connectivity index (χ1) is 13.4. The average Bonchev–Trinajstić information content (AvgIpc) is 3.09. The molecule has 1 spiro atoms. The van der Waals surface area contributed by atoms with E-state index in [0.717, 1.165) is 28.8 Å². The summed E-state index contributed by atoms with van der Waals surface area (Å²) >= 11 is 0. The fraction of sp³-hybridized carbons (Fsp3) is 0.391. The van der Waals surface area contributed by atoms with Crippen LogP contribution in [0, 0.1) is 13.8 Å². The lowest BCUT2D eigenvalue weighted by Crippen LogP contribution is -2.64. The number of rotatable bonds is 2. The van der Waals surface area contributed by atoms with Crippen molar-refractivity contribution in [2.75, 3.05) is 38.1 Å². The number of hydrogen-bond donors (Lipinski definition) is 0. The minimum Gasteiger partial charge on any atom is -0.337 e. The van der Waals surface area contributed by atoms with E-state index in [1.807, 2.05) is 73.2 Å². The standard InChI is InChI=1S/C23H27N3O2/c1-17-11-18(2)13-19(12-17)22(28)25-10-9-23(15-25)16-26(21(27)14-24(23)3)20-7-5-4-6-8-20/h4-8,11-13H,9-10,14-16H2,1-3H3/t23-/m0/s1. The lowest BCUT2D eigenvalue weighted by molar-refractivity contribution is -0.123. The second-order valence-corrected chi connectivity index (χ2v) is 8.25. The third-order valence-electron chi connectivity index (χ3n) is 6.09. The summed E-state index contributed by atoms with van der Waals surface area (Å²) in [5, 5.41) is 0. The Morgan fingerprint density at radius 3 is 2.36 bits per heavy atom. The average molecular weight is 377 g/mol. The minimum absolute atomic E-state index is 0.0836. The summed E-state index contributed by atoms with van der Waals surface area (Å²) in [6.07, 6.45) is 0.872. The van der Waals surface area contributed by atoms with Crippen LogP contribution in [0.5, 0.6) is 0 Å². The molecule has 2 fully saturated rings. The Hall–Kier alpha value is -2.66. The molecule has 0 unspecified atom stereocenters. The monoisotopic (exact) mass is 377 g/mol. The van der Waals surface area contributed by atoms with Gasteiger partial charge < -0.3 is 9.80 Å². The van der Waals surface area contributed by atoms with Crippen molar-refractivity contribution in [2.45, 2.75) is 25.8 Å². The topological polar surface area (TPSA) is 43.9 Å². The van der Waals surface area contributed by atoms with E-state index in [9.17, 15) is 9.59 Å². The van der Waals surface area contributed by atoms with Crippen LogP contribution in [0.4, 0.5) is 5.69 Å². The number of likely N-dealkylation sites (tertiary alicyclic amines) is 1. The Labute approximate surface area is 166 Å². The van der Waals surface area contributed by atoms with Crippen molar-refractivity contribution >= 4 is 17.5 Å². The van der Waals surface area contributed by atoms with Crippen molar-refractivity contribution in [3.05, 3.63) is 65.2 Å². The Kier molecular flexibility index (Phi) is 4.71. The third kappa shape index (κ3) is 3.31. The summed E-state index contributed by atoms with van der Waals surface area (Å²) in [5.74, 6) is 0.193. The molecule has 146 valence electrons. The van der Waals surface area contributed by atoms with Crippen molar-refractivity contribution in [3.8, 4) is 0 Å². The molecule has 2 aliphatic heterocycles. The summed E-state index contributed by atoms with van der Waals surface area (Å²) in [5.41, 5.74) is 3.70. The Morgan fingerprint density at radius 2 is 1.68 bits per heavy atom. The van der Waals surface area contributed by atoms with Gasteiger partial charge in [0.05, 0.1) is 12.1 Å². The highest BCUT2D eigenvalue weighted by Crippen LogP contribution is 2.34. The van der Waals surface area contributed by atoms with E-state index in [4.69, 9.17) is 0 Å². The summed E-state index contributed by atoms with van der Waals surface area (Å²) in [6.45, 7) is 6.39. The zero-order chi connectivity index (χ0) is 19.9. The molecule has 1 atom stereocenters. The van der Waals surface area contributed by atoms with Gasteiger partial charge in [-0.2, -0.15) is 0 Å². The predicted octanol–water partition coefficient (Wildman–Crippen LogP) is 2.87. The Bertz CT molecular complexity index is 891. The van der Waals surface area contributed by atoms with Crippen molar-refractivity contribution in [2.24, 2.45) is 0 Å². The number of nitrogens with zero attached hydrogens (tertiary/aromatic N) is 3. The van der Waals surface area contributed by atoms with Crippen molar-refractivity contribution in [1.82, 2.24) is 9.80 Å². The molecule has 0 bridgehead atoms. The molecule has 0 radical (unpaired) electrons. The van der Waals surface area contributed by atoms with Crippen LogP contribution in [0.2, 0.25) is 0 Å². The molecular formula is C23H27N3O2. The molecule has 2 saturated heterocycles. The number of anilines is 1. The molecule has 2 aromatic carbocycles. The molecule has 5 nitrogen and oxygen atoms in total. The van der Waals surface area contributed by atoms with Crippen LogP contribution in [0.1, 0.15) is 27.9 Å². The van der Waals surface area contributed by atoms with Gasteiger partial charge in [0.15, 0.2) is 0 Å². The quantitative estimate of drug-likeness (QED) is 0.808. The van der Waals surface area contributed by atoms with Crippen LogP contribution in [0.25, 0.3) is 0 Å². The predicted molar refractivity (Wildman–Crippen MR) is 111 cm³/mol. The molecular weight excluding hydrogens is 350 g/mol. The number of piperazine rings is 1. The number of carbonyl (C=O) groups excluding carboxylic acids is 2. The first-order valence-electron chi connectivity index (χ1n) is 9.82. The highest BCUT2D eigenvalue weighted by atomic mass is 16.2. The Balaban J connectivity index is 1.57. The van der Waals surface area contributed by atoms with E-state index >= 15 is 0 Å². The molecule has 2 amide bonds. The summed E-state index contributed by atoms with van der Waals surface area (Å²) in [6, 6.07) is 15.8. The second-order valence-electron chi connectivity index (χ2n) is 8.25. The highest BCUT2D eigenvalue weighted by molar-refractivity contribution is 5.97. The number of amides is 2. The zero-order valence-corrected chi connectivity index (χ0v) is 16.8. The fourth-order valence-corrected chi connectivity index (χ4v) is 4.55. The van der Waals surface area contributed by atoms with Crippen LogP contribution in [0.15, 0.2) is 48.5 Å². The van der Waals surface area contributed by atoms with Crippen molar-refractivity contribution in [1.29, 1.82) is 0 Å². The molecule has 0 aliphatic carbocycles. The minimum atomic E-state index is -0.196. The zero-order valence-electron chi connectivity index (χ0n) is 16.8. The number of carbonyl (C=O) groups is 2. The SMILES string of the molecule is Cc1cc(C)cc(C(=O)N2CC[C@]3(C2)CN(c2ccccc2)C(=O)CN3C)c1. The number of benzene rings is 2. The lowest BCUT2D eigenvalue weighted by Gasteiger charge is -2.46. The number of likely N-dealkylation sites (N-methyl/N-ethyl adjacent to an activating group) is 1. The molecule has 2 aromatic rings. The maximum atomic E-state index is 13.1. The third-order valence-corrected chi connectivity index (χ3v) is 6.09. The maximum Gasteiger partial charge on any atom is 0.253 e. The van der Waals surface area contributed by atoms with Crippen LogP contribution in [-0.2, 0) is 4.79 Å². The van der Waals surface area contributed by atoms with Gasteiger partial charge in [-0.25, -0.2) is 0 Å². The second kappa shape index (κ2) is 7.06. The van der Waals surface area contributed by atoms with E-state index in [2.05, 4.69) is 11.0 Å². The molecule has 0 saturated carbocycles. The number of hydrogen-bond acceptors (Lipinski definition) is 3. The first kappa shape index (κ1) is 18.7. The molecule has 4 rings (SSSR count). The summed E-state index contributed by atoms with van der Waals surface area (Å²) < 4.78 is 0. The van der Waals surface area contributed by atoms with Gasteiger partial charge in [-0.15, -0.1) is 0 Å². The molecule has 5 heteroatoms. The highest BCUT2D eigenvalue weighted by Gasteiger charge is 2.48. The normalized spacial score (nSPS) is 22.9. The first-order valence-corrected chi connectivity index (χ1v) is 9.82. The summed E-state index contributed by atoms with van der Waals surface area (Å²) in [7, 11) is 2.00. The van der Waals surface area contributed by atoms with E-state index in [-0.39, 0.29) is 17.4 Å². The molecule has 0 aromatic heterocycles. The lowest BCUT2D eigenvalue weighted by atomic mass is 9.92. The van der Waals surface area contributed by atoms with Gasteiger partial charge in [0.25, 0.3) is 5.91 Å². The van der Waals surface area contributed by atoms with E-state index in [0.29, 0.717) is 26.2 Å². The van der Waals surface area contributed by atoms with Gasteiger partial charge in [-0.1, -0.05) is 35.4 Å². The van der Waals surface area contributed by atoms with E-state index in [1.165, 1.54) is 0 Å². The van der Waals surface area contributed by atoms with Crippen molar-refractivity contribution < 1.29 is 9.59 Å². The molecule has 2 heterocycles. The van der Waals surface area contributed by atoms with Gasteiger partial charge in [0, 0.05) is 30.9 Å². The largest absolute Gasteiger partial charge is 0.337 e. The number of para-hydroxylation sites is 1. The van der Waals surface area contributed by atoms with Gasteiger partial charge >= 0.3 is 0 Å². The van der Waals surface area contributed by atoms with Crippen molar-refractivity contribution in [3.63, 3.8) is 0 Å². The molecule has 2 aliphatic rings. The fourth-order valence-electron chi connectivity index (χ4n) is 4.55.